The molecular formula is C46H28O. The van der Waals surface area contributed by atoms with Crippen molar-refractivity contribution in [2.75, 3.05) is 0 Å². The molecule has 10 aromatic rings. The third-order valence-corrected chi connectivity index (χ3v) is 9.82. The minimum atomic E-state index is 0.918. The number of para-hydroxylation sites is 1. The van der Waals surface area contributed by atoms with Crippen LogP contribution in [0.4, 0.5) is 0 Å². The summed E-state index contributed by atoms with van der Waals surface area (Å²) >= 11 is 0. The molecule has 0 fully saturated rings. The fourth-order valence-electron chi connectivity index (χ4n) is 7.71. The van der Waals surface area contributed by atoms with Gasteiger partial charge in [-0.25, -0.2) is 0 Å². The number of furan rings is 1. The molecule has 0 spiro atoms. The van der Waals surface area contributed by atoms with Crippen LogP contribution in [0.3, 0.4) is 0 Å². The van der Waals surface area contributed by atoms with Crippen LogP contribution in [0, 0.1) is 0 Å². The van der Waals surface area contributed by atoms with Crippen LogP contribution in [-0.4, -0.2) is 0 Å². The molecule has 0 aliphatic heterocycles. The zero-order valence-electron chi connectivity index (χ0n) is 25.6. The first-order valence-corrected chi connectivity index (χ1v) is 16.2. The molecule has 9 aromatic carbocycles. The summed E-state index contributed by atoms with van der Waals surface area (Å²) < 4.78 is 6.48. The molecular weight excluding hydrogens is 569 g/mol. The predicted octanol–water partition coefficient (Wildman–Crippen LogP) is 13.2. The Balaban J connectivity index is 1.28. The third-order valence-electron chi connectivity index (χ3n) is 9.82. The van der Waals surface area contributed by atoms with Gasteiger partial charge >= 0.3 is 0 Å². The predicted molar refractivity (Wildman–Crippen MR) is 200 cm³/mol. The Labute approximate surface area is 271 Å². The molecule has 0 aliphatic carbocycles. The summed E-state index contributed by atoms with van der Waals surface area (Å²) in [5, 5.41) is 12.1. The van der Waals surface area contributed by atoms with E-state index in [9.17, 15) is 0 Å². The van der Waals surface area contributed by atoms with E-state index in [0.717, 1.165) is 27.3 Å². The monoisotopic (exact) mass is 596 g/mol. The minimum absolute atomic E-state index is 0.918. The second kappa shape index (κ2) is 10.2. The summed E-state index contributed by atoms with van der Waals surface area (Å²) in [5.74, 6) is 0. The highest BCUT2D eigenvalue weighted by Gasteiger charge is 2.21. The van der Waals surface area contributed by atoms with E-state index in [2.05, 4.69) is 164 Å². The maximum atomic E-state index is 6.48. The summed E-state index contributed by atoms with van der Waals surface area (Å²) in [5.41, 5.74) is 9.27. The third kappa shape index (κ3) is 3.97. The highest BCUT2D eigenvalue weighted by atomic mass is 16.3. The van der Waals surface area contributed by atoms with Gasteiger partial charge in [-0.05, 0) is 95.3 Å². The standard InChI is InChI=1S/C46H28O/c1-2-13-30-26-32(25-24-29(30)12-1)31-14-11-15-33(27-31)44-36-18-4-6-20-38(36)45(39-21-7-5-19-37(39)44)41-28-42-35-17-9-10-23-43(35)47-46(42)40-22-8-3-16-34(40)41/h1-28H. The second-order valence-electron chi connectivity index (χ2n) is 12.4. The van der Waals surface area contributed by atoms with Gasteiger partial charge < -0.3 is 4.42 Å². The smallest absolute Gasteiger partial charge is 0.143 e. The molecule has 0 bridgehead atoms. The number of fused-ring (bicyclic) bond motifs is 8. The fraction of sp³-hybridized carbons (Fsp3) is 0. The van der Waals surface area contributed by atoms with Crippen molar-refractivity contribution < 1.29 is 4.42 Å². The van der Waals surface area contributed by atoms with Crippen molar-refractivity contribution in [3.63, 3.8) is 0 Å². The maximum absolute atomic E-state index is 6.48. The molecule has 1 nitrogen and oxygen atoms in total. The van der Waals surface area contributed by atoms with Crippen LogP contribution in [-0.2, 0) is 0 Å². The van der Waals surface area contributed by atoms with Crippen molar-refractivity contribution in [2.24, 2.45) is 0 Å². The molecule has 0 saturated heterocycles. The average Bonchev–Trinajstić information content (AvgIpc) is 3.52. The van der Waals surface area contributed by atoms with Gasteiger partial charge in [-0.15, -0.1) is 0 Å². The van der Waals surface area contributed by atoms with Crippen LogP contribution in [0.1, 0.15) is 0 Å². The fourth-order valence-corrected chi connectivity index (χ4v) is 7.71. The summed E-state index contributed by atoms with van der Waals surface area (Å²) in [6.45, 7) is 0. The van der Waals surface area contributed by atoms with Crippen LogP contribution in [0.25, 0.3) is 98.4 Å². The Morgan fingerprint density at radius 3 is 1.60 bits per heavy atom. The van der Waals surface area contributed by atoms with Crippen LogP contribution in [0.15, 0.2) is 174 Å². The highest BCUT2D eigenvalue weighted by molar-refractivity contribution is 6.27. The average molecular weight is 597 g/mol. The summed E-state index contributed by atoms with van der Waals surface area (Å²) in [4.78, 5) is 0. The summed E-state index contributed by atoms with van der Waals surface area (Å²) in [6.07, 6.45) is 0. The molecule has 218 valence electrons. The number of hydrogen-bond donors (Lipinski definition) is 0. The Kier molecular flexibility index (Phi) is 5.64. The molecule has 1 heterocycles. The zero-order chi connectivity index (χ0) is 30.9. The molecule has 0 saturated carbocycles. The zero-order valence-corrected chi connectivity index (χ0v) is 25.6. The lowest BCUT2D eigenvalue weighted by molar-refractivity contribution is 0.672. The molecule has 1 aromatic heterocycles. The molecule has 10 rings (SSSR count). The molecule has 1 heteroatoms. The SMILES string of the molecule is c1cc(-c2ccc3ccccc3c2)cc(-c2c3ccccc3c(-c3cc4c5ccccc5oc4c4ccccc34)c3ccccc23)c1. The molecule has 0 atom stereocenters. The van der Waals surface area contributed by atoms with E-state index in [4.69, 9.17) is 4.42 Å². The lowest BCUT2D eigenvalue weighted by Crippen LogP contribution is -1.92. The van der Waals surface area contributed by atoms with Gasteiger partial charge in [0.05, 0.1) is 0 Å². The normalized spacial score (nSPS) is 11.8. The van der Waals surface area contributed by atoms with Crippen molar-refractivity contribution in [1.82, 2.24) is 0 Å². The quantitative estimate of drug-likeness (QED) is 0.185. The van der Waals surface area contributed by atoms with Crippen molar-refractivity contribution in [3.8, 4) is 33.4 Å². The van der Waals surface area contributed by atoms with Crippen molar-refractivity contribution >= 4 is 65.0 Å². The van der Waals surface area contributed by atoms with Crippen LogP contribution in [0.5, 0.6) is 0 Å². The Morgan fingerprint density at radius 2 is 0.851 bits per heavy atom. The van der Waals surface area contributed by atoms with Gasteiger partial charge in [0.2, 0.25) is 0 Å². The first-order valence-electron chi connectivity index (χ1n) is 16.2. The van der Waals surface area contributed by atoms with E-state index in [0.29, 0.717) is 0 Å². The van der Waals surface area contributed by atoms with Crippen LogP contribution >= 0.6 is 0 Å². The van der Waals surface area contributed by atoms with Crippen molar-refractivity contribution in [2.45, 2.75) is 0 Å². The topological polar surface area (TPSA) is 13.1 Å². The van der Waals surface area contributed by atoms with Gasteiger partial charge in [0, 0.05) is 16.2 Å². The van der Waals surface area contributed by atoms with Crippen LogP contribution < -0.4 is 0 Å². The highest BCUT2D eigenvalue weighted by Crippen LogP contribution is 2.47. The number of hydrogen-bond acceptors (Lipinski definition) is 1. The Morgan fingerprint density at radius 1 is 0.298 bits per heavy atom. The van der Waals surface area contributed by atoms with Crippen LogP contribution in [0.2, 0.25) is 0 Å². The molecule has 0 radical (unpaired) electrons. The number of benzene rings is 9. The molecule has 47 heavy (non-hydrogen) atoms. The first-order chi connectivity index (χ1) is 23.3. The Hall–Kier alpha value is -6.18. The van der Waals surface area contributed by atoms with Gasteiger partial charge in [-0.2, -0.15) is 0 Å². The van der Waals surface area contributed by atoms with Gasteiger partial charge in [-0.1, -0.05) is 146 Å². The lowest BCUT2D eigenvalue weighted by atomic mass is 9.84. The van der Waals surface area contributed by atoms with E-state index in [-0.39, 0.29) is 0 Å². The van der Waals surface area contributed by atoms with Crippen molar-refractivity contribution in [1.29, 1.82) is 0 Å². The largest absolute Gasteiger partial charge is 0.455 e. The van der Waals surface area contributed by atoms with Gasteiger partial charge in [0.1, 0.15) is 11.2 Å². The van der Waals surface area contributed by atoms with E-state index in [1.165, 1.54) is 71.1 Å². The minimum Gasteiger partial charge on any atom is -0.455 e. The molecule has 0 N–H and O–H groups in total. The van der Waals surface area contributed by atoms with Crippen molar-refractivity contribution in [3.05, 3.63) is 170 Å². The lowest BCUT2D eigenvalue weighted by Gasteiger charge is -2.19. The van der Waals surface area contributed by atoms with Gasteiger partial charge in [0.25, 0.3) is 0 Å². The van der Waals surface area contributed by atoms with E-state index < -0.39 is 0 Å². The molecule has 0 amide bonds. The van der Waals surface area contributed by atoms with Gasteiger partial charge in [0.15, 0.2) is 0 Å². The molecule has 0 aliphatic rings. The maximum Gasteiger partial charge on any atom is 0.143 e. The summed E-state index contributed by atoms with van der Waals surface area (Å²) in [7, 11) is 0. The van der Waals surface area contributed by atoms with E-state index in [1.54, 1.807) is 0 Å². The number of rotatable bonds is 3. The first kappa shape index (κ1) is 26.1. The summed E-state index contributed by atoms with van der Waals surface area (Å²) in [6, 6.07) is 61.6. The van der Waals surface area contributed by atoms with E-state index in [1.807, 2.05) is 6.07 Å². The van der Waals surface area contributed by atoms with E-state index >= 15 is 0 Å². The van der Waals surface area contributed by atoms with Gasteiger partial charge in [-0.3, -0.25) is 0 Å². The second-order valence-corrected chi connectivity index (χ2v) is 12.4. The Bertz CT molecular complexity index is 2800. The molecule has 0 unspecified atom stereocenters.